The van der Waals surface area contributed by atoms with Crippen LogP contribution in [0.2, 0.25) is 0 Å². The van der Waals surface area contributed by atoms with Crippen LogP contribution in [0.3, 0.4) is 0 Å². The molecular formula is C12H15BrFNO4S. The van der Waals surface area contributed by atoms with E-state index in [-0.39, 0.29) is 21.7 Å². The fourth-order valence-electron chi connectivity index (χ4n) is 1.51. The number of carboxylic acids is 1. The molecule has 1 rings (SSSR count). The van der Waals surface area contributed by atoms with Gasteiger partial charge in [0.15, 0.2) is 0 Å². The molecule has 1 aromatic rings. The van der Waals surface area contributed by atoms with Crippen molar-refractivity contribution in [1.82, 2.24) is 4.72 Å². The standard InChI is InChI=1S/C12H15BrFNO4S/c1-7(2)11(6-12(16)17)15-20(18,19)8-3-4-9(13)10(14)5-8/h3-5,7,11,15H,6H2,1-2H3,(H,16,17). The largest absolute Gasteiger partial charge is 0.481 e. The van der Waals surface area contributed by atoms with E-state index in [1.807, 2.05) is 0 Å². The molecule has 20 heavy (non-hydrogen) atoms. The molecule has 0 saturated carbocycles. The summed E-state index contributed by atoms with van der Waals surface area (Å²) in [5, 5.41) is 8.78. The number of aliphatic carboxylic acids is 1. The highest BCUT2D eigenvalue weighted by atomic mass is 79.9. The topological polar surface area (TPSA) is 83.5 Å². The van der Waals surface area contributed by atoms with Gasteiger partial charge in [-0.3, -0.25) is 4.79 Å². The lowest BCUT2D eigenvalue weighted by atomic mass is 10.0. The second-order valence-corrected chi connectivity index (χ2v) is 7.21. The maximum absolute atomic E-state index is 13.4. The molecule has 8 heteroatoms. The SMILES string of the molecule is CC(C)C(CC(=O)O)NS(=O)(=O)c1ccc(Br)c(F)c1. The fourth-order valence-corrected chi connectivity index (χ4v) is 3.16. The van der Waals surface area contributed by atoms with Crippen molar-refractivity contribution in [1.29, 1.82) is 0 Å². The Bertz CT molecular complexity index is 603. The highest BCUT2D eigenvalue weighted by molar-refractivity contribution is 9.10. The van der Waals surface area contributed by atoms with Crippen LogP contribution >= 0.6 is 15.9 Å². The Kier molecular flexibility index (Phi) is 5.67. The number of carboxylic acid groups (broad SMARTS) is 1. The number of sulfonamides is 1. The van der Waals surface area contributed by atoms with Gasteiger partial charge in [0.1, 0.15) is 5.82 Å². The maximum atomic E-state index is 13.4. The van der Waals surface area contributed by atoms with Crippen molar-refractivity contribution in [3.63, 3.8) is 0 Å². The minimum absolute atomic E-state index is 0.155. The zero-order chi connectivity index (χ0) is 15.5. The van der Waals surface area contributed by atoms with Gasteiger partial charge >= 0.3 is 5.97 Å². The van der Waals surface area contributed by atoms with Crippen LogP contribution in [-0.2, 0) is 14.8 Å². The van der Waals surface area contributed by atoms with E-state index in [0.717, 1.165) is 6.07 Å². The third kappa shape index (κ3) is 4.53. The minimum Gasteiger partial charge on any atom is -0.481 e. The summed E-state index contributed by atoms with van der Waals surface area (Å²) in [5.74, 6) is -2.01. The van der Waals surface area contributed by atoms with Gasteiger partial charge in [-0.15, -0.1) is 0 Å². The molecule has 0 spiro atoms. The predicted octanol–water partition coefficient (Wildman–Crippen LogP) is 2.37. The van der Waals surface area contributed by atoms with Crippen LogP contribution in [0, 0.1) is 11.7 Å². The van der Waals surface area contributed by atoms with Crippen molar-refractivity contribution in [3.05, 3.63) is 28.5 Å². The Morgan fingerprint density at radius 3 is 2.50 bits per heavy atom. The van der Waals surface area contributed by atoms with Gasteiger partial charge in [0, 0.05) is 6.04 Å². The molecule has 1 unspecified atom stereocenters. The first kappa shape index (κ1) is 17.1. The number of benzene rings is 1. The Morgan fingerprint density at radius 2 is 2.05 bits per heavy atom. The minimum atomic E-state index is -3.96. The highest BCUT2D eigenvalue weighted by Crippen LogP contribution is 2.20. The lowest BCUT2D eigenvalue weighted by molar-refractivity contribution is -0.137. The first-order valence-electron chi connectivity index (χ1n) is 5.82. The number of hydrogen-bond acceptors (Lipinski definition) is 3. The molecule has 0 aliphatic heterocycles. The van der Waals surface area contributed by atoms with Crippen LogP contribution in [0.25, 0.3) is 0 Å². The van der Waals surface area contributed by atoms with Gasteiger partial charge < -0.3 is 5.11 Å². The van der Waals surface area contributed by atoms with Gasteiger partial charge in [-0.05, 0) is 40.0 Å². The van der Waals surface area contributed by atoms with E-state index in [1.54, 1.807) is 13.8 Å². The Hall–Kier alpha value is -0.990. The number of rotatable bonds is 6. The lowest BCUT2D eigenvalue weighted by Crippen LogP contribution is -2.40. The summed E-state index contributed by atoms with van der Waals surface area (Å²) in [6.45, 7) is 3.41. The van der Waals surface area contributed by atoms with Crippen molar-refractivity contribution >= 4 is 31.9 Å². The van der Waals surface area contributed by atoms with E-state index in [4.69, 9.17) is 5.11 Å². The summed E-state index contributed by atoms with van der Waals surface area (Å²) in [4.78, 5) is 10.5. The summed E-state index contributed by atoms with van der Waals surface area (Å²) < 4.78 is 40.0. The molecule has 1 atom stereocenters. The predicted molar refractivity (Wildman–Crippen MR) is 75.3 cm³/mol. The van der Waals surface area contributed by atoms with E-state index in [1.165, 1.54) is 12.1 Å². The van der Waals surface area contributed by atoms with Gasteiger partial charge in [0.2, 0.25) is 10.0 Å². The summed E-state index contributed by atoms with van der Waals surface area (Å²) in [6, 6.07) is 2.65. The van der Waals surface area contributed by atoms with Gasteiger partial charge in [-0.2, -0.15) is 0 Å². The van der Waals surface area contributed by atoms with Crippen molar-refractivity contribution in [2.24, 2.45) is 5.92 Å². The van der Waals surface area contributed by atoms with Crippen molar-refractivity contribution in [2.45, 2.75) is 31.2 Å². The maximum Gasteiger partial charge on any atom is 0.304 e. The normalized spacial score (nSPS) is 13.4. The first-order chi connectivity index (χ1) is 9.13. The molecule has 0 fully saturated rings. The Balaban J connectivity index is 3.03. The molecule has 0 bridgehead atoms. The zero-order valence-corrected chi connectivity index (χ0v) is 13.3. The van der Waals surface area contributed by atoms with Crippen LogP contribution in [0.5, 0.6) is 0 Å². The van der Waals surface area contributed by atoms with Crippen LogP contribution in [0.15, 0.2) is 27.6 Å². The lowest BCUT2D eigenvalue weighted by Gasteiger charge is -2.20. The van der Waals surface area contributed by atoms with Crippen molar-refractivity contribution in [2.75, 3.05) is 0 Å². The van der Waals surface area contributed by atoms with Crippen LogP contribution in [0.4, 0.5) is 4.39 Å². The third-order valence-corrected chi connectivity index (χ3v) is 4.84. The second kappa shape index (κ2) is 6.64. The molecule has 1 aromatic carbocycles. The van der Waals surface area contributed by atoms with E-state index in [9.17, 15) is 17.6 Å². The van der Waals surface area contributed by atoms with Crippen LogP contribution in [-0.4, -0.2) is 25.5 Å². The van der Waals surface area contributed by atoms with Crippen molar-refractivity contribution in [3.8, 4) is 0 Å². The molecule has 0 radical (unpaired) electrons. The number of carbonyl (C=O) groups is 1. The number of halogens is 2. The average Bonchev–Trinajstić information content (AvgIpc) is 2.30. The number of hydrogen-bond donors (Lipinski definition) is 2. The van der Waals surface area contributed by atoms with Gasteiger partial charge in [0.25, 0.3) is 0 Å². The van der Waals surface area contributed by atoms with E-state index < -0.39 is 27.9 Å². The molecule has 0 aromatic heterocycles. The Morgan fingerprint density at radius 1 is 1.45 bits per heavy atom. The van der Waals surface area contributed by atoms with Crippen molar-refractivity contribution < 1.29 is 22.7 Å². The van der Waals surface area contributed by atoms with E-state index >= 15 is 0 Å². The van der Waals surface area contributed by atoms with Gasteiger partial charge in [-0.1, -0.05) is 13.8 Å². The molecule has 2 N–H and O–H groups in total. The van der Waals surface area contributed by atoms with Crippen LogP contribution in [0.1, 0.15) is 20.3 Å². The number of nitrogens with one attached hydrogen (secondary N) is 1. The van der Waals surface area contributed by atoms with Gasteiger partial charge in [0.05, 0.1) is 15.8 Å². The zero-order valence-electron chi connectivity index (χ0n) is 10.9. The molecule has 5 nitrogen and oxygen atoms in total. The molecule has 112 valence electrons. The molecule has 0 amide bonds. The van der Waals surface area contributed by atoms with E-state index in [2.05, 4.69) is 20.7 Å². The monoisotopic (exact) mass is 367 g/mol. The molecule has 0 aliphatic rings. The van der Waals surface area contributed by atoms with E-state index in [0.29, 0.717) is 0 Å². The highest BCUT2D eigenvalue weighted by Gasteiger charge is 2.25. The summed E-state index contributed by atoms with van der Waals surface area (Å²) in [6.07, 6.45) is -0.337. The summed E-state index contributed by atoms with van der Waals surface area (Å²) in [7, 11) is -3.96. The van der Waals surface area contributed by atoms with Crippen LogP contribution < -0.4 is 4.72 Å². The second-order valence-electron chi connectivity index (χ2n) is 4.65. The summed E-state index contributed by atoms with van der Waals surface area (Å²) in [5.41, 5.74) is 0. The smallest absolute Gasteiger partial charge is 0.304 e. The third-order valence-electron chi connectivity index (χ3n) is 2.71. The Labute approximate surface area is 125 Å². The molecular weight excluding hydrogens is 353 g/mol. The molecule has 0 heterocycles. The first-order valence-corrected chi connectivity index (χ1v) is 8.10. The quantitative estimate of drug-likeness (QED) is 0.808. The molecule has 0 saturated heterocycles. The summed E-state index contributed by atoms with van der Waals surface area (Å²) >= 11 is 2.93. The molecule has 0 aliphatic carbocycles. The fraction of sp³-hybridized carbons (Fsp3) is 0.417. The van der Waals surface area contributed by atoms with Gasteiger partial charge in [-0.25, -0.2) is 17.5 Å². The average molecular weight is 368 g/mol.